The third-order valence-corrected chi connectivity index (χ3v) is 6.93. The molecule has 27 heavy (non-hydrogen) atoms. The molecule has 0 N–H and O–H groups in total. The highest BCUT2D eigenvalue weighted by Gasteiger charge is 2.40. The number of carbonyl (C=O) groups excluding carboxylic acids is 1. The predicted molar refractivity (Wildman–Crippen MR) is 110 cm³/mol. The number of hydrogen-bond donors (Lipinski definition) is 0. The van der Waals surface area contributed by atoms with Crippen LogP contribution >= 0.6 is 11.3 Å². The van der Waals surface area contributed by atoms with E-state index < -0.39 is 0 Å². The highest BCUT2D eigenvalue weighted by Crippen LogP contribution is 2.31. The van der Waals surface area contributed by atoms with Gasteiger partial charge < -0.3 is 4.90 Å². The molecule has 3 aliphatic rings. The Labute approximate surface area is 166 Å². The maximum absolute atomic E-state index is 13.0. The van der Waals surface area contributed by atoms with Gasteiger partial charge in [-0.15, -0.1) is 11.3 Å². The van der Waals surface area contributed by atoms with E-state index in [2.05, 4.69) is 33.8 Å². The van der Waals surface area contributed by atoms with E-state index >= 15 is 0 Å². The second kappa shape index (κ2) is 8.53. The number of fused-ring (bicyclic) bond motifs is 4. The van der Waals surface area contributed by atoms with Crippen molar-refractivity contribution in [2.45, 2.75) is 58.2 Å². The Hall–Kier alpha value is -1.72. The molecule has 2 atom stereocenters. The van der Waals surface area contributed by atoms with Crippen molar-refractivity contribution in [3.63, 3.8) is 0 Å². The average Bonchev–Trinajstić information content (AvgIpc) is 2.97. The first kappa shape index (κ1) is 18.6. The molecule has 0 aliphatic carbocycles. The molecule has 2 aromatic heterocycles. The number of amides is 1. The summed E-state index contributed by atoms with van der Waals surface area (Å²) in [7, 11) is 0. The van der Waals surface area contributed by atoms with Crippen LogP contribution in [0, 0.1) is 5.92 Å². The molecule has 0 radical (unpaired) electrons. The van der Waals surface area contributed by atoms with Gasteiger partial charge in [-0.25, -0.2) is 0 Å². The summed E-state index contributed by atoms with van der Waals surface area (Å²) in [5, 5.41) is 0. The first-order valence-corrected chi connectivity index (χ1v) is 11.0. The van der Waals surface area contributed by atoms with Crippen molar-refractivity contribution in [2.24, 2.45) is 5.92 Å². The van der Waals surface area contributed by atoms with E-state index in [0.717, 1.165) is 38.2 Å². The number of thiophene rings is 1. The van der Waals surface area contributed by atoms with E-state index in [1.165, 1.54) is 29.0 Å². The Morgan fingerprint density at radius 2 is 2.00 bits per heavy atom. The van der Waals surface area contributed by atoms with Crippen LogP contribution < -0.4 is 0 Å². The molecule has 2 aromatic rings. The van der Waals surface area contributed by atoms with Gasteiger partial charge in [0.1, 0.15) is 0 Å². The number of pyridine rings is 1. The largest absolute Gasteiger partial charge is 0.332 e. The van der Waals surface area contributed by atoms with E-state index in [1.807, 2.05) is 35.7 Å². The summed E-state index contributed by atoms with van der Waals surface area (Å²) in [5.74, 6) is 0.473. The number of carbonyl (C=O) groups is 1. The number of rotatable bonds is 7. The van der Waals surface area contributed by atoms with Crippen LogP contribution in [0.4, 0.5) is 0 Å². The molecule has 0 unspecified atom stereocenters. The highest BCUT2D eigenvalue weighted by molar-refractivity contribution is 7.11. The minimum absolute atomic E-state index is 0.145. The molecule has 144 valence electrons. The summed E-state index contributed by atoms with van der Waals surface area (Å²) in [6.07, 6.45) is 7.68. The topological polar surface area (TPSA) is 36.4 Å². The van der Waals surface area contributed by atoms with E-state index in [4.69, 9.17) is 0 Å². The third kappa shape index (κ3) is 4.41. The number of unbranched alkanes of at least 4 members (excludes halogenated alkanes) is 1. The van der Waals surface area contributed by atoms with Gasteiger partial charge in [0, 0.05) is 41.6 Å². The van der Waals surface area contributed by atoms with Crippen LogP contribution in [0.25, 0.3) is 0 Å². The molecular weight excluding hydrogens is 354 g/mol. The summed E-state index contributed by atoms with van der Waals surface area (Å²) >= 11 is 1.95. The zero-order valence-corrected chi connectivity index (χ0v) is 17.0. The van der Waals surface area contributed by atoms with Gasteiger partial charge in [-0.2, -0.15) is 0 Å². The summed E-state index contributed by atoms with van der Waals surface area (Å²) in [6, 6.07) is 10.8. The Morgan fingerprint density at radius 1 is 1.11 bits per heavy atom. The molecule has 2 bridgehead atoms. The van der Waals surface area contributed by atoms with Crippen LogP contribution in [0.1, 0.15) is 48.1 Å². The smallest absolute Gasteiger partial charge is 0.227 e. The highest BCUT2D eigenvalue weighted by atomic mass is 32.1. The molecular formula is C22H29N3OS. The standard InChI is InChI=1S/C22H29N3OS/c1-2-3-7-20-10-11-21(27-20)16-24-13-17-8-9-19(15-24)25(22(17)26)14-18-6-4-5-12-23-18/h4-6,10-12,17,19H,2-3,7-9,13-16H2,1H3/t17-,19+/m1/s1. The normalized spacial score (nSPS) is 23.0. The van der Waals surface area contributed by atoms with Crippen molar-refractivity contribution in [3.05, 3.63) is 52.0 Å². The number of nitrogens with zero attached hydrogens (tertiary/aromatic N) is 3. The predicted octanol–water partition coefficient (Wildman–Crippen LogP) is 4.11. The van der Waals surface area contributed by atoms with Crippen LogP contribution in [0.15, 0.2) is 36.5 Å². The van der Waals surface area contributed by atoms with Gasteiger partial charge in [0.15, 0.2) is 0 Å². The minimum Gasteiger partial charge on any atom is -0.332 e. The first-order chi connectivity index (χ1) is 13.2. The van der Waals surface area contributed by atoms with E-state index in [1.54, 1.807) is 0 Å². The van der Waals surface area contributed by atoms with Gasteiger partial charge in [0.25, 0.3) is 0 Å². The Bertz CT molecular complexity index is 760. The maximum Gasteiger partial charge on any atom is 0.227 e. The monoisotopic (exact) mass is 383 g/mol. The fourth-order valence-electron chi connectivity index (χ4n) is 4.35. The summed E-state index contributed by atoms with van der Waals surface area (Å²) < 4.78 is 0. The van der Waals surface area contributed by atoms with Gasteiger partial charge in [-0.1, -0.05) is 19.4 Å². The molecule has 4 nitrogen and oxygen atoms in total. The Kier molecular flexibility index (Phi) is 5.89. The zero-order valence-electron chi connectivity index (χ0n) is 16.1. The van der Waals surface area contributed by atoms with Gasteiger partial charge in [-0.3, -0.25) is 14.7 Å². The third-order valence-electron chi connectivity index (χ3n) is 5.80. The Balaban J connectivity index is 1.42. The van der Waals surface area contributed by atoms with Crippen molar-refractivity contribution in [2.75, 3.05) is 13.1 Å². The number of aryl methyl sites for hydroxylation is 1. The van der Waals surface area contributed by atoms with Gasteiger partial charge in [0.2, 0.25) is 5.91 Å². The second-order valence-corrected chi connectivity index (χ2v) is 9.13. The summed E-state index contributed by atoms with van der Waals surface area (Å²) in [4.78, 5) is 25.0. The van der Waals surface area contributed by atoms with Crippen LogP contribution in [0.3, 0.4) is 0 Å². The molecule has 0 aromatic carbocycles. The lowest BCUT2D eigenvalue weighted by atomic mass is 9.94. The quantitative estimate of drug-likeness (QED) is 0.722. The van der Waals surface area contributed by atoms with Crippen molar-refractivity contribution in [1.29, 1.82) is 0 Å². The van der Waals surface area contributed by atoms with Crippen LogP contribution in [-0.4, -0.2) is 39.8 Å². The second-order valence-electron chi connectivity index (χ2n) is 7.88. The van der Waals surface area contributed by atoms with Crippen LogP contribution in [0.2, 0.25) is 0 Å². The molecule has 5 heterocycles. The molecule has 3 saturated heterocycles. The molecule has 0 saturated carbocycles. The number of aromatic nitrogens is 1. The first-order valence-electron chi connectivity index (χ1n) is 10.2. The molecule has 3 aliphatic heterocycles. The SMILES string of the molecule is CCCCc1ccc(CN2C[C@H]3CC[C@@H](C2)N(Cc2ccccn2)C3=O)s1. The summed E-state index contributed by atoms with van der Waals surface area (Å²) in [5.41, 5.74) is 0.990. The van der Waals surface area contributed by atoms with Gasteiger partial charge in [0.05, 0.1) is 18.2 Å². The van der Waals surface area contributed by atoms with Crippen molar-refractivity contribution >= 4 is 17.2 Å². The maximum atomic E-state index is 13.0. The van der Waals surface area contributed by atoms with Crippen molar-refractivity contribution in [3.8, 4) is 0 Å². The molecule has 0 spiro atoms. The van der Waals surface area contributed by atoms with Crippen molar-refractivity contribution in [1.82, 2.24) is 14.8 Å². The molecule has 1 amide bonds. The molecule has 5 rings (SSSR count). The number of piperidine rings is 1. The van der Waals surface area contributed by atoms with Gasteiger partial charge >= 0.3 is 0 Å². The fourth-order valence-corrected chi connectivity index (χ4v) is 5.45. The lowest BCUT2D eigenvalue weighted by Gasteiger charge is -2.35. The lowest BCUT2D eigenvalue weighted by molar-refractivity contribution is -0.140. The molecule has 3 fully saturated rings. The van der Waals surface area contributed by atoms with E-state index in [0.29, 0.717) is 18.5 Å². The zero-order chi connectivity index (χ0) is 18.6. The summed E-state index contributed by atoms with van der Waals surface area (Å²) in [6.45, 7) is 5.76. The lowest BCUT2D eigenvalue weighted by Crippen LogP contribution is -2.47. The molecule has 5 heteroatoms. The Morgan fingerprint density at radius 3 is 2.81 bits per heavy atom. The van der Waals surface area contributed by atoms with Crippen LogP contribution in [-0.2, 0) is 24.3 Å². The van der Waals surface area contributed by atoms with Gasteiger partial charge in [-0.05, 0) is 49.9 Å². The van der Waals surface area contributed by atoms with E-state index in [9.17, 15) is 4.79 Å². The van der Waals surface area contributed by atoms with E-state index in [-0.39, 0.29) is 5.92 Å². The van der Waals surface area contributed by atoms with Crippen LogP contribution in [0.5, 0.6) is 0 Å². The number of hydrogen-bond acceptors (Lipinski definition) is 4. The minimum atomic E-state index is 0.145. The fraction of sp³-hybridized carbons (Fsp3) is 0.545. The van der Waals surface area contributed by atoms with Crippen molar-refractivity contribution < 1.29 is 4.79 Å². The average molecular weight is 384 g/mol.